The first kappa shape index (κ1) is 18.0. The van der Waals surface area contributed by atoms with Gasteiger partial charge in [0, 0.05) is 32.6 Å². The highest BCUT2D eigenvalue weighted by atomic mass is 32.2. The van der Waals surface area contributed by atoms with Crippen LogP contribution in [0.5, 0.6) is 0 Å². The van der Waals surface area contributed by atoms with Gasteiger partial charge < -0.3 is 4.42 Å². The topological polar surface area (TPSA) is 79.5 Å². The molecule has 0 radical (unpaired) electrons. The predicted octanol–water partition coefficient (Wildman–Crippen LogP) is 1.76. The number of hydrogen-bond acceptors (Lipinski definition) is 6. The van der Waals surface area contributed by atoms with Gasteiger partial charge >= 0.3 is 0 Å². The van der Waals surface area contributed by atoms with Gasteiger partial charge in [0.1, 0.15) is 0 Å². The average molecular weight is 364 g/mol. The van der Waals surface area contributed by atoms with Crippen molar-refractivity contribution in [2.75, 3.05) is 26.2 Å². The van der Waals surface area contributed by atoms with E-state index in [0.717, 1.165) is 17.5 Å². The second-order valence-electron chi connectivity index (χ2n) is 6.39. The van der Waals surface area contributed by atoms with Gasteiger partial charge in [-0.25, -0.2) is 8.42 Å². The van der Waals surface area contributed by atoms with Crippen molar-refractivity contribution < 1.29 is 12.8 Å². The summed E-state index contributed by atoms with van der Waals surface area (Å²) < 4.78 is 33.0. The third-order valence-electron chi connectivity index (χ3n) is 4.46. The fraction of sp³-hybridized carbons (Fsp3) is 0.529. The second kappa shape index (κ2) is 7.23. The summed E-state index contributed by atoms with van der Waals surface area (Å²) in [6.07, 6.45) is 0.717. The van der Waals surface area contributed by atoms with E-state index in [-0.39, 0.29) is 0 Å². The van der Waals surface area contributed by atoms with E-state index >= 15 is 0 Å². The smallest absolute Gasteiger partial charge is 0.243 e. The molecular weight excluding hydrogens is 340 g/mol. The number of nitrogens with zero attached hydrogens (tertiary/aromatic N) is 4. The van der Waals surface area contributed by atoms with Crippen molar-refractivity contribution in [3.05, 3.63) is 41.1 Å². The van der Waals surface area contributed by atoms with E-state index in [4.69, 9.17) is 4.42 Å². The number of sulfonamides is 1. The number of rotatable bonds is 5. The molecule has 136 valence electrons. The Bertz CT molecular complexity index is 839. The minimum atomic E-state index is -3.46. The minimum absolute atomic E-state index is 0.408. The molecule has 0 saturated carbocycles. The van der Waals surface area contributed by atoms with E-state index in [1.54, 1.807) is 10.4 Å². The molecule has 25 heavy (non-hydrogen) atoms. The molecule has 2 aromatic rings. The number of benzene rings is 1. The Balaban J connectivity index is 1.66. The van der Waals surface area contributed by atoms with Crippen LogP contribution in [0.25, 0.3) is 0 Å². The van der Waals surface area contributed by atoms with Crippen LogP contribution < -0.4 is 0 Å². The normalized spacial score (nSPS) is 17.1. The molecule has 1 saturated heterocycles. The molecule has 0 atom stereocenters. The largest absolute Gasteiger partial charge is 0.424 e. The van der Waals surface area contributed by atoms with Crippen molar-refractivity contribution in [2.24, 2.45) is 0 Å². The summed E-state index contributed by atoms with van der Waals surface area (Å²) in [6.45, 7) is 8.49. The van der Waals surface area contributed by atoms with Crippen molar-refractivity contribution in [1.29, 1.82) is 0 Å². The first-order chi connectivity index (χ1) is 11.9. The maximum atomic E-state index is 12.9. The van der Waals surface area contributed by atoms with Gasteiger partial charge in [0.2, 0.25) is 21.8 Å². The number of aryl methyl sites for hydroxylation is 3. The summed E-state index contributed by atoms with van der Waals surface area (Å²) in [7, 11) is -3.46. The van der Waals surface area contributed by atoms with Gasteiger partial charge in [0.15, 0.2) is 0 Å². The van der Waals surface area contributed by atoms with Crippen LogP contribution in [0.2, 0.25) is 0 Å². The summed E-state index contributed by atoms with van der Waals surface area (Å²) in [5.41, 5.74) is 1.73. The van der Waals surface area contributed by atoms with E-state index in [1.165, 1.54) is 0 Å². The Kier molecular flexibility index (Phi) is 5.21. The van der Waals surface area contributed by atoms with Crippen LogP contribution in [-0.4, -0.2) is 54.0 Å². The van der Waals surface area contributed by atoms with Crippen molar-refractivity contribution in [1.82, 2.24) is 19.4 Å². The summed E-state index contributed by atoms with van der Waals surface area (Å²) in [5, 5.41) is 7.99. The van der Waals surface area contributed by atoms with E-state index in [9.17, 15) is 8.42 Å². The maximum Gasteiger partial charge on any atom is 0.243 e. The van der Waals surface area contributed by atoms with E-state index < -0.39 is 10.0 Å². The SMILES string of the molecule is CCc1nnc(CN2CCN(S(=O)(=O)c3cc(C)ccc3C)CC2)o1. The van der Waals surface area contributed by atoms with Crippen molar-refractivity contribution >= 4 is 10.0 Å². The molecule has 8 heteroatoms. The molecule has 3 rings (SSSR count). The molecule has 1 aliphatic rings. The van der Waals surface area contributed by atoms with Crippen molar-refractivity contribution in [2.45, 2.75) is 38.6 Å². The Labute approximate surface area is 148 Å². The van der Waals surface area contributed by atoms with Crippen LogP contribution in [-0.2, 0) is 23.0 Å². The zero-order chi connectivity index (χ0) is 18.0. The Morgan fingerprint density at radius 1 is 1.08 bits per heavy atom. The Morgan fingerprint density at radius 2 is 1.76 bits per heavy atom. The highest BCUT2D eigenvalue weighted by Gasteiger charge is 2.30. The van der Waals surface area contributed by atoms with E-state index in [1.807, 2.05) is 32.9 Å². The van der Waals surface area contributed by atoms with Crippen LogP contribution in [0.4, 0.5) is 0 Å². The van der Waals surface area contributed by atoms with Crippen LogP contribution in [0.15, 0.2) is 27.5 Å². The van der Waals surface area contributed by atoms with Crippen molar-refractivity contribution in [3.8, 4) is 0 Å². The van der Waals surface area contributed by atoms with Gasteiger partial charge in [-0.3, -0.25) is 4.90 Å². The summed E-state index contributed by atoms with van der Waals surface area (Å²) in [4.78, 5) is 2.55. The lowest BCUT2D eigenvalue weighted by atomic mass is 10.2. The maximum absolute atomic E-state index is 12.9. The van der Waals surface area contributed by atoms with Gasteiger partial charge in [-0.2, -0.15) is 4.31 Å². The Morgan fingerprint density at radius 3 is 2.40 bits per heavy atom. The molecule has 0 amide bonds. The van der Waals surface area contributed by atoms with Gasteiger partial charge in [0.05, 0.1) is 11.4 Å². The van der Waals surface area contributed by atoms with Gasteiger partial charge in [-0.05, 0) is 31.0 Å². The highest BCUT2D eigenvalue weighted by Crippen LogP contribution is 2.22. The third-order valence-corrected chi connectivity index (χ3v) is 6.50. The van der Waals surface area contributed by atoms with E-state index in [2.05, 4.69) is 15.1 Å². The average Bonchev–Trinajstić information content (AvgIpc) is 3.05. The third kappa shape index (κ3) is 3.91. The molecule has 0 aliphatic carbocycles. The summed E-state index contributed by atoms with van der Waals surface area (Å²) in [6, 6.07) is 5.54. The summed E-state index contributed by atoms with van der Waals surface area (Å²) >= 11 is 0. The number of aromatic nitrogens is 2. The molecule has 1 fully saturated rings. The zero-order valence-electron chi connectivity index (χ0n) is 14.9. The lowest BCUT2D eigenvalue weighted by Gasteiger charge is -2.33. The van der Waals surface area contributed by atoms with Gasteiger partial charge in [0.25, 0.3) is 0 Å². The number of piperazine rings is 1. The van der Waals surface area contributed by atoms with Crippen LogP contribution >= 0.6 is 0 Å². The fourth-order valence-corrected chi connectivity index (χ4v) is 4.67. The van der Waals surface area contributed by atoms with Crippen LogP contribution in [0.1, 0.15) is 29.8 Å². The van der Waals surface area contributed by atoms with Crippen LogP contribution in [0, 0.1) is 13.8 Å². The predicted molar refractivity (Wildman–Crippen MR) is 93.6 cm³/mol. The van der Waals surface area contributed by atoms with E-state index in [0.29, 0.717) is 49.4 Å². The Hall–Kier alpha value is -1.77. The quantitative estimate of drug-likeness (QED) is 0.804. The number of hydrogen-bond donors (Lipinski definition) is 0. The van der Waals surface area contributed by atoms with Crippen LogP contribution in [0.3, 0.4) is 0 Å². The molecular formula is C17H24N4O3S. The molecule has 1 aromatic heterocycles. The first-order valence-electron chi connectivity index (χ1n) is 8.51. The lowest BCUT2D eigenvalue weighted by Crippen LogP contribution is -2.48. The standard InChI is InChI=1S/C17H24N4O3S/c1-4-16-18-19-17(24-16)12-20-7-9-21(10-8-20)25(22,23)15-11-13(2)5-6-14(15)3/h5-6,11H,4,7-10,12H2,1-3H3. The molecule has 1 aliphatic heterocycles. The molecule has 1 aromatic carbocycles. The second-order valence-corrected chi connectivity index (χ2v) is 8.30. The van der Waals surface area contributed by atoms with Gasteiger partial charge in [-0.1, -0.05) is 19.1 Å². The minimum Gasteiger partial charge on any atom is -0.424 e. The molecule has 0 spiro atoms. The molecule has 0 unspecified atom stereocenters. The molecule has 0 N–H and O–H groups in total. The zero-order valence-corrected chi connectivity index (χ0v) is 15.7. The summed E-state index contributed by atoms with van der Waals surface area (Å²) in [5.74, 6) is 1.22. The van der Waals surface area contributed by atoms with Crippen molar-refractivity contribution in [3.63, 3.8) is 0 Å². The highest BCUT2D eigenvalue weighted by molar-refractivity contribution is 7.89. The molecule has 7 nitrogen and oxygen atoms in total. The van der Waals surface area contributed by atoms with Gasteiger partial charge in [-0.15, -0.1) is 10.2 Å². The lowest BCUT2D eigenvalue weighted by molar-refractivity contribution is 0.167. The first-order valence-corrected chi connectivity index (χ1v) is 9.95. The molecule has 2 heterocycles. The fourth-order valence-electron chi connectivity index (χ4n) is 2.94. The molecule has 0 bridgehead atoms. The monoisotopic (exact) mass is 364 g/mol.